The fourth-order valence-corrected chi connectivity index (χ4v) is 3.99. The summed E-state index contributed by atoms with van der Waals surface area (Å²) in [6, 6.07) is 12.0. The second-order valence-corrected chi connectivity index (χ2v) is 7.64. The molecule has 0 radical (unpaired) electrons. The number of hydrogen-bond acceptors (Lipinski definition) is 6. The molecule has 1 aliphatic heterocycles. The van der Waals surface area contributed by atoms with E-state index < -0.39 is 0 Å². The predicted octanol–water partition coefficient (Wildman–Crippen LogP) is 3.87. The highest BCUT2D eigenvalue weighted by Gasteiger charge is 2.16. The summed E-state index contributed by atoms with van der Waals surface area (Å²) in [4.78, 5) is 18.2. The van der Waals surface area contributed by atoms with E-state index in [0.717, 1.165) is 29.6 Å². The van der Waals surface area contributed by atoms with Crippen LogP contribution in [0.5, 0.6) is 0 Å². The Balaban J connectivity index is 1.47. The molecule has 134 valence electrons. The Morgan fingerprint density at radius 3 is 2.77 bits per heavy atom. The second-order valence-electron chi connectivity index (χ2n) is 6.69. The van der Waals surface area contributed by atoms with Gasteiger partial charge in [0, 0.05) is 24.5 Å². The number of piperidine rings is 1. The number of nitrogens with zero attached hydrogens (tertiary/aromatic N) is 3. The van der Waals surface area contributed by atoms with Gasteiger partial charge in [-0.3, -0.25) is 9.78 Å². The van der Waals surface area contributed by atoms with Gasteiger partial charge in [-0.1, -0.05) is 13.0 Å². The van der Waals surface area contributed by atoms with Crippen molar-refractivity contribution in [3.8, 4) is 10.6 Å². The molecule has 0 aliphatic carbocycles. The van der Waals surface area contributed by atoms with E-state index in [2.05, 4.69) is 44.5 Å². The molecule has 1 aliphatic rings. The average molecular weight is 367 g/mol. The second kappa shape index (κ2) is 7.29. The van der Waals surface area contributed by atoms with E-state index in [1.165, 1.54) is 29.9 Å². The molecule has 1 fully saturated rings. The van der Waals surface area contributed by atoms with Crippen LogP contribution in [0.15, 0.2) is 46.6 Å². The van der Waals surface area contributed by atoms with Crippen LogP contribution in [0.4, 0.5) is 17.3 Å². The van der Waals surface area contributed by atoms with E-state index >= 15 is 0 Å². The molecule has 26 heavy (non-hydrogen) atoms. The number of aromatic nitrogens is 3. The van der Waals surface area contributed by atoms with Crippen molar-refractivity contribution in [2.24, 2.45) is 5.92 Å². The minimum Gasteiger partial charge on any atom is -0.371 e. The van der Waals surface area contributed by atoms with Gasteiger partial charge in [-0.25, -0.2) is 0 Å². The summed E-state index contributed by atoms with van der Waals surface area (Å²) >= 11 is 1.47. The van der Waals surface area contributed by atoms with Gasteiger partial charge in [0.15, 0.2) is 5.69 Å². The van der Waals surface area contributed by atoms with Gasteiger partial charge in [0.2, 0.25) is 5.95 Å². The molecule has 2 aromatic heterocycles. The summed E-state index contributed by atoms with van der Waals surface area (Å²) in [6.45, 7) is 4.52. The molecule has 1 saturated heterocycles. The fourth-order valence-electron chi connectivity index (χ4n) is 3.28. The van der Waals surface area contributed by atoms with E-state index in [1.807, 2.05) is 29.6 Å². The van der Waals surface area contributed by atoms with Crippen LogP contribution >= 0.6 is 11.3 Å². The minimum absolute atomic E-state index is 0.246. The molecular weight excluding hydrogens is 346 g/mol. The van der Waals surface area contributed by atoms with Gasteiger partial charge in [-0.15, -0.1) is 21.5 Å². The molecule has 3 heterocycles. The maximum absolute atomic E-state index is 12.2. The molecule has 0 saturated carbocycles. The van der Waals surface area contributed by atoms with Gasteiger partial charge in [0.25, 0.3) is 5.56 Å². The molecule has 3 aromatic rings. The Morgan fingerprint density at radius 1 is 1.23 bits per heavy atom. The first kappa shape index (κ1) is 16.8. The van der Waals surface area contributed by atoms with Crippen molar-refractivity contribution >= 4 is 28.7 Å². The summed E-state index contributed by atoms with van der Waals surface area (Å²) in [6.07, 6.45) is 2.55. The van der Waals surface area contributed by atoms with Crippen LogP contribution in [0.2, 0.25) is 0 Å². The predicted molar refractivity (Wildman–Crippen MR) is 106 cm³/mol. The van der Waals surface area contributed by atoms with Crippen LogP contribution in [0.1, 0.15) is 19.8 Å². The molecule has 1 aromatic carbocycles. The number of hydrogen-bond donors (Lipinski definition) is 2. The number of thiophene rings is 1. The van der Waals surface area contributed by atoms with E-state index in [-0.39, 0.29) is 5.56 Å². The lowest BCUT2D eigenvalue weighted by atomic mass is 10.00. The number of rotatable bonds is 4. The molecule has 7 heteroatoms. The lowest BCUT2D eigenvalue weighted by Crippen LogP contribution is -2.34. The SMILES string of the molecule is CC1CCCN(c2ccc(Nc3nnc(-c4cccs4)c(=O)[nH]3)cc2)C1. The molecule has 2 N–H and O–H groups in total. The maximum atomic E-state index is 12.2. The van der Waals surface area contributed by atoms with Crippen LogP contribution in [0, 0.1) is 5.92 Å². The van der Waals surface area contributed by atoms with Crippen LogP contribution in [-0.4, -0.2) is 28.3 Å². The molecule has 4 rings (SSSR count). The average Bonchev–Trinajstić information content (AvgIpc) is 3.17. The normalized spacial score (nSPS) is 17.3. The summed E-state index contributed by atoms with van der Waals surface area (Å²) in [5.74, 6) is 1.08. The van der Waals surface area contributed by atoms with E-state index in [0.29, 0.717) is 11.6 Å². The van der Waals surface area contributed by atoms with Crippen LogP contribution in [-0.2, 0) is 0 Å². The maximum Gasteiger partial charge on any atom is 0.280 e. The largest absolute Gasteiger partial charge is 0.371 e. The van der Waals surface area contributed by atoms with Gasteiger partial charge in [0.1, 0.15) is 0 Å². The lowest BCUT2D eigenvalue weighted by molar-refractivity contribution is 0.447. The Labute approximate surface area is 155 Å². The smallest absolute Gasteiger partial charge is 0.280 e. The highest BCUT2D eigenvalue weighted by Crippen LogP contribution is 2.25. The standard InChI is InChI=1S/C19H21N5OS/c1-13-4-2-10-24(12-13)15-8-6-14(7-9-15)20-19-21-18(25)17(22-23-19)16-5-3-11-26-16/h3,5-9,11,13H,2,4,10,12H2,1H3,(H2,20,21,23,25). The minimum atomic E-state index is -0.246. The van der Waals surface area contributed by atoms with Gasteiger partial charge < -0.3 is 10.2 Å². The van der Waals surface area contributed by atoms with Gasteiger partial charge >= 0.3 is 0 Å². The van der Waals surface area contributed by atoms with Crippen molar-refractivity contribution in [2.75, 3.05) is 23.3 Å². The summed E-state index contributed by atoms with van der Waals surface area (Å²) in [7, 11) is 0. The van der Waals surface area contributed by atoms with Crippen LogP contribution < -0.4 is 15.8 Å². The summed E-state index contributed by atoms with van der Waals surface area (Å²) in [5.41, 5.74) is 2.20. The number of anilines is 3. The third-order valence-corrected chi connectivity index (χ3v) is 5.48. The number of benzene rings is 1. The number of H-pyrrole nitrogens is 1. The van der Waals surface area contributed by atoms with E-state index in [4.69, 9.17) is 0 Å². The Morgan fingerprint density at radius 2 is 2.08 bits per heavy atom. The summed E-state index contributed by atoms with van der Waals surface area (Å²) < 4.78 is 0. The third kappa shape index (κ3) is 3.62. The fraction of sp³-hybridized carbons (Fsp3) is 0.316. The number of aromatic amines is 1. The Hall–Kier alpha value is -2.67. The highest BCUT2D eigenvalue weighted by molar-refractivity contribution is 7.13. The van der Waals surface area contributed by atoms with Crippen molar-refractivity contribution < 1.29 is 0 Å². The zero-order chi connectivity index (χ0) is 17.9. The first-order valence-electron chi connectivity index (χ1n) is 8.82. The number of nitrogens with one attached hydrogen (secondary N) is 2. The van der Waals surface area contributed by atoms with Gasteiger partial charge in [0.05, 0.1) is 4.88 Å². The molecular formula is C19H21N5OS. The van der Waals surface area contributed by atoms with Crippen LogP contribution in [0.25, 0.3) is 10.6 Å². The zero-order valence-electron chi connectivity index (χ0n) is 14.6. The zero-order valence-corrected chi connectivity index (χ0v) is 15.4. The molecule has 1 atom stereocenters. The van der Waals surface area contributed by atoms with E-state index in [1.54, 1.807) is 0 Å². The molecule has 0 spiro atoms. The van der Waals surface area contributed by atoms with Crippen molar-refractivity contribution in [3.05, 3.63) is 52.1 Å². The van der Waals surface area contributed by atoms with Crippen molar-refractivity contribution in [1.29, 1.82) is 0 Å². The van der Waals surface area contributed by atoms with Crippen molar-refractivity contribution in [2.45, 2.75) is 19.8 Å². The highest BCUT2D eigenvalue weighted by atomic mass is 32.1. The summed E-state index contributed by atoms with van der Waals surface area (Å²) in [5, 5.41) is 13.2. The monoisotopic (exact) mass is 367 g/mol. The molecule has 0 amide bonds. The Kier molecular flexibility index (Phi) is 4.71. The first-order valence-corrected chi connectivity index (χ1v) is 9.70. The lowest BCUT2D eigenvalue weighted by Gasteiger charge is -2.32. The van der Waals surface area contributed by atoms with Gasteiger partial charge in [-0.2, -0.15) is 0 Å². The van der Waals surface area contributed by atoms with Crippen molar-refractivity contribution in [1.82, 2.24) is 15.2 Å². The molecule has 1 unspecified atom stereocenters. The molecule has 6 nitrogen and oxygen atoms in total. The molecule has 0 bridgehead atoms. The third-order valence-electron chi connectivity index (χ3n) is 4.60. The topological polar surface area (TPSA) is 73.9 Å². The van der Waals surface area contributed by atoms with Gasteiger partial charge in [-0.05, 0) is 54.5 Å². The first-order chi connectivity index (χ1) is 12.7. The van der Waals surface area contributed by atoms with E-state index in [9.17, 15) is 4.79 Å². The van der Waals surface area contributed by atoms with Crippen LogP contribution in [0.3, 0.4) is 0 Å². The quantitative estimate of drug-likeness (QED) is 0.732. The van der Waals surface area contributed by atoms with Crippen molar-refractivity contribution in [3.63, 3.8) is 0 Å². The Bertz CT molecular complexity index is 920.